The molecule has 1 aromatic rings. The molecule has 0 bridgehead atoms. The fraction of sp³-hybridized carbons (Fsp3) is 0.462. The van der Waals surface area contributed by atoms with Gasteiger partial charge in [0.05, 0.1) is 5.75 Å². The van der Waals surface area contributed by atoms with Crippen molar-refractivity contribution in [3.05, 3.63) is 34.6 Å². The summed E-state index contributed by atoms with van der Waals surface area (Å²) in [6.45, 7) is 1.58. The van der Waals surface area contributed by atoms with E-state index in [-0.39, 0.29) is 35.2 Å². The molecule has 1 rings (SSSR count). The van der Waals surface area contributed by atoms with Gasteiger partial charge in [-0.15, -0.1) is 0 Å². The molecule has 0 aliphatic rings. The number of carbonyl (C=O) groups is 1. The monoisotopic (exact) mass is 306 g/mol. The Labute approximate surface area is 117 Å². The molecule has 6 heteroatoms. The Balaban J connectivity index is 2.48. The topological polar surface area (TPSA) is 51.2 Å². The molecule has 0 aliphatic heterocycles. The molecule has 0 heterocycles. The van der Waals surface area contributed by atoms with Gasteiger partial charge in [-0.05, 0) is 24.1 Å². The summed E-state index contributed by atoms with van der Waals surface area (Å²) in [6.07, 6.45) is 0.603. The van der Waals surface area contributed by atoms with Crippen molar-refractivity contribution in [1.29, 1.82) is 0 Å². The molecule has 106 valence electrons. The third-order valence-electron chi connectivity index (χ3n) is 2.75. The fourth-order valence-corrected chi connectivity index (χ4v) is 2.71. The van der Waals surface area contributed by atoms with Crippen molar-refractivity contribution in [2.45, 2.75) is 26.2 Å². The van der Waals surface area contributed by atoms with Crippen LogP contribution in [0.3, 0.4) is 0 Å². The highest BCUT2D eigenvalue weighted by atomic mass is 35.5. The molecule has 0 saturated carbocycles. The lowest BCUT2D eigenvalue weighted by molar-refractivity contribution is -0.118. The molecule has 0 unspecified atom stereocenters. The van der Waals surface area contributed by atoms with Crippen molar-refractivity contribution >= 4 is 27.2 Å². The fourth-order valence-electron chi connectivity index (χ4n) is 1.60. The van der Waals surface area contributed by atoms with Crippen LogP contribution in [0.5, 0.6) is 0 Å². The highest BCUT2D eigenvalue weighted by molar-refractivity contribution is 7.91. The van der Waals surface area contributed by atoms with Gasteiger partial charge in [0.15, 0.2) is 0 Å². The van der Waals surface area contributed by atoms with Crippen molar-refractivity contribution in [2.24, 2.45) is 0 Å². The van der Waals surface area contributed by atoms with Gasteiger partial charge in [0.1, 0.15) is 21.4 Å². The molecule has 0 atom stereocenters. The molecule has 0 amide bonds. The van der Waals surface area contributed by atoms with Crippen molar-refractivity contribution in [2.75, 3.05) is 11.5 Å². The Morgan fingerprint density at radius 2 is 2.05 bits per heavy atom. The summed E-state index contributed by atoms with van der Waals surface area (Å²) >= 11 is 5.81. The number of rotatable bonds is 7. The van der Waals surface area contributed by atoms with Crippen LogP contribution in [0, 0.1) is 5.82 Å². The first-order chi connectivity index (χ1) is 8.84. The zero-order valence-corrected chi connectivity index (χ0v) is 12.2. The molecule has 0 aliphatic carbocycles. The minimum absolute atomic E-state index is 0.0202. The summed E-state index contributed by atoms with van der Waals surface area (Å²) in [5, 5.41) is 0.217. The third kappa shape index (κ3) is 5.70. The molecule has 1 aromatic carbocycles. The third-order valence-corrected chi connectivity index (χ3v) is 4.90. The van der Waals surface area contributed by atoms with Gasteiger partial charge in [0.2, 0.25) is 0 Å². The van der Waals surface area contributed by atoms with Gasteiger partial charge in [0.25, 0.3) is 0 Å². The summed E-state index contributed by atoms with van der Waals surface area (Å²) in [4.78, 5) is 11.7. The smallest absolute Gasteiger partial charge is 0.150 e. The molecular weight excluding hydrogens is 291 g/mol. The molecule has 0 spiro atoms. The van der Waals surface area contributed by atoms with E-state index in [2.05, 4.69) is 0 Å². The van der Waals surface area contributed by atoms with Gasteiger partial charge in [-0.3, -0.25) is 4.79 Å². The van der Waals surface area contributed by atoms with Crippen LogP contribution in [0.2, 0.25) is 5.02 Å². The van der Waals surface area contributed by atoms with Crippen molar-refractivity contribution in [1.82, 2.24) is 0 Å². The number of ketones is 1. The number of halogens is 2. The van der Waals surface area contributed by atoms with Crippen LogP contribution in [0.15, 0.2) is 18.2 Å². The van der Waals surface area contributed by atoms with Gasteiger partial charge in [0, 0.05) is 23.6 Å². The molecule has 0 aromatic heterocycles. The van der Waals surface area contributed by atoms with E-state index < -0.39 is 15.7 Å². The maximum atomic E-state index is 12.8. The zero-order chi connectivity index (χ0) is 14.5. The second kappa shape index (κ2) is 7.01. The maximum absolute atomic E-state index is 12.8. The van der Waals surface area contributed by atoms with Gasteiger partial charge >= 0.3 is 0 Å². The first kappa shape index (κ1) is 16.1. The van der Waals surface area contributed by atoms with E-state index in [1.54, 1.807) is 6.92 Å². The summed E-state index contributed by atoms with van der Waals surface area (Å²) in [5.41, 5.74) is 0.561. The van der Waals surface area contributed by atoms with E-state index in [0.29, 0.717) is 12.0 Å². The van der Waals surface area contributed by atoms with E-state index >= 15 is 0 Å². The lowest BCUT2D eigenvalue weighted by Gasteiger charge is -2.04. The molecule has 0 fully saturated rings. The van der Waals surface area contributed by atoms with Crippen LogP contribution in [0.4, 0.5) is 4.39 Å². The average Bonchev–Trinajstić information content (AvgIpc) is 2.32. The SMILES string of the molecule is CCS(=O)(=O)CCCC(=O)Cc1ccc(F)cc1Cl. The summed E-state index contributed by atoms with van der Waals surface area (Å²) in [7, 11) is -3.03. The Morgan fingerprint density at radius 3 is 2.63 bits per heavy atom. The Hall–Kier alpha value is -0.940. The van der Waals surface area contributed by atoms with Crippen LogP contribution >= 0.6 is 11.6 Å². The molecule has 19 heavy (non-hydrogen) atoms. The van der Waals surface area contributed by atoms with E-state index in [0.717, 1.165) is 6.07 Å². The quantitative estimate of drug-likeness (QED) is 0.778. The number of hydrogen-bond acceptors (Lipinski definition) is 3. The lowest BCUT2D eigenvalue weighted by Crippen LogP contribution is -2.11. The van der Waals surface area contributed by atoms with Crippen LogP contribution in [-0.2, 0) is 21.1 Å². The predicted octanol–water partition coefficient (Wildman–Crippen LogP) is 2.81. The van der Waals surface area contributed by atoms with Crippen molar-refractivity contribution in [3.63, 3.8) is 0 Å². The molecule has 0 N–H and O–H groups in total. The lowest BCUT2D eigenvalue weighted by atomic mass is 10.1. The van der Waals surface area contributed by atoms with Crippen LogP contribution in [0.25, 0.3) is 0 Å². The number of hydrogen-bond donors (Lipinski definition) is 0. The van der Waals surface area contributed by atoms with Gasteiger partial charge in [-0.2, -0.15) is 0 Å². The minimum atomic E-state index is -3.03. The Bertz CT molecular complexity index is 555. The largest absolute Gasteiger partial charge is 0.299 e. The highest BCUT2D eigenvalue weighted by Crippen LogP contribution is 2.18. The normalized spacial score (nSPS) is 11.5. The second-order valence-electron chi connectivity index (χ2n) is 4.29. The Morgan fingerprint density at radius 1 is 1.37 bits per heavy atom. The molecule has 0 saturated heterocycles. The summed E-state index contributed by atoms with van der Waals surface area (Å²) in [6, 6.07) is 3.88. The summed E-state index contributed by atoms with van der Waals surface area (Å²) < 4.78 is 35.3. The molecular formula is C13H16ClFO3S. The van der Waals surface area contributed by atoms with Gasteiger partial charge in [-0.25, -0.2) is 12.8 Å². The number of Topliss-reactive ketones (excluding diaryl/α,β-unsaturated/α-hetero) is 1. The van der Waals surface area contributed by atoms with Crippen LogP contribution in [0.1, 0.15) is 25.3 Å². The maximum Gasteiger partial charge on any atom is 0.150 e. The minimum Gasteiger partial charge on any atom is -0.299 e. The predicted molar refractivity (Wildman–Crippen MR) is 73.7 cm³/mol. The number of sulfone groups is 1. The zero-order valence-electron chi connectivity index (χ0n) is 10.7. The van der Waals surface area contributed by atoms with Crippen LogP contribution in [-0.4, -0.2) is 25.7 Å². The summed E-state index contributed by atoms with van der Waals surface area (Å²) in [5.74, 6) is -0.438. The van der Waals surface area contributed by atoms with E-state index in [9.17, 15) is 17.6 Å². The van der Waals surface area contributed by atoms with Crippen LogP contribution < -0.4 is 0 Å². The standard InChI is InChI=1S/C13H16ClFO3S/c1-2-19(17,18)7-3-4-12(16)8-10-5-6-11(15)9-13(10)14/h5-6,9H,2-4,7-8H2,1H3. The molecule has 3 nitrogen and oxygen atoms in total. The van der Waals surface area contributed by atoms with Gasteiger partial charge < -0.3 is 0 Å². The van der Waals surface area contributed by atoms with Gasteiger partial charge in [-0.1, -0.05) is 24.6 Å². The number of benzene rings is 1. The molecule has 0 radical (unpaired) electrons. The second-order valence-corrected chi connectivity index (χ2v) is 7.17. The highest BCUT2D eigenvalue weighted by Gasteiger charge is 2.11. The Kier molecular flexibility index (Phi) is 5.94. The number of carbonyl (C=O) groups excluding carboxylic acids is 1. The first-order valence-electron chi connectivity index (χ1n) is 6.00. The van der Waals surface area contributed by atoms with Crippen molar-refractivity contribution < 1.29 is 17.6 Å². The van der Waals surface area contributed by atoms with E-state index in [4.69, 9.17) is 11.6 Å². The van der Waals surface area contributed by atoms with E-state index in [1.165, 1.54) is 12.1 Å². The first-order valence-corrected chi connectivity index (χ1v) is 8.20. The van der Waals surface area contributed by atoms with E-state index in [1.807, 2.05) is 0 Å². The average molecular weight is 307 g/mol. The van der Waals surface area contributed by atoms with Crippen molar-refractivity contribution in [3.8, 4) is 0 Å².